The average Bonchev–Trinajstić information content (AvgIpc) is 2.55. The van der Waals surface area contributed by atoms with Gasteiger partial charge in [0.05, 0.1) is 0 Å². The lowest BCUT2D eigenvalue weighted by Crippen LogP contribution is -2.34. The summed E-state index contributed by atoms with van der Waals surface area (Å²) in [5.41, 5.74) is 0.561. The molecule has 0 atom stereocenters. The molecule has 0 aliphatic carbocycles. The number of nitrogens with zero attached hydrogens (tertiary/aromatic N) is 1. The van der Waals surface area contributed by atoms with Crippen LogP contribution in [-0.4, -0.2) is 30.0 Å². The second-order valence-corrected chi connectivity index (χ2v) is 5.23. The maximum absolute atomic E-state index is 12.2. The van der Waals surface area contributed by atoms with E-state index in [4.69, 9.17) is 4.74 Å². The van der Waals surface area contributed by atoms with E-state index < -0.39 is 0 Å². The minimum absolute atomic E-state index is 0.306. The number of unbranched alkanes of at least 4 members (excludes halogenated alkanes) is 3. The minimum Gasteiger partial charge on any atom is -0.410 e. The minimum atomic E-state index is -0.365. The Morgan fingerprint density at radius 1 is 1.26 bits per heavy atom. The molecule has 0 aromatic heterocycles. The molecule has 126 valence electrons. The van der Waals surface area contributed by atoms with Crippen LogP contribution in [0.4, 0.5) is 10.5 Å². The highest BCUT2D eigenvalue weighted by molar-refractivity contribution is 5.99. The molecule has 0 saturated heterocycles. The Morgan fingerprint density at radius 3 is 2.70 bits per heavy atom. The molecule has 1 rings (SSSR count). The zero-order chi connectivity index (χ0) is 17.1. The molecule has 0 fully saturated rings. The van der Waals surface area contributed by atoms with Gasteiger partial charge in [-0.3, -0.25) is 4.79 Å². The van der Waals surface area contributed by atoms with Crippen molar-refractivity contribution in [2.24, 2.45) is 0 Å². The van der Waals surface area contributed by atoms with Gasteiger partial charge in [0.2, 0.25) is 5.91 Å². The quantitative estimate of drug-likeness (QED) is 0.548. The molecule has 0 heterocycles. The van der Waals surface area contributed by atoms with Crippen LogP contribution in [0.3, 0.4) is 0 Å². The van der Waals surface area contributed by atoms with Gasteiger partial charge in [-0.25, -0.2) is 4.79 Å². The van der Waals surface area contributed by atoms with Crippen molar-refractivity contribution in [2.45, 2.75) is 39.5 Å². The topological polar surface area (TPSA) is 58.6 Å². The van der Waals surface area contributed by atoms with Crippen LogP contribution in [-0.2, 0) is 4.79 Å². The maximum Gasteiger partial charge on any atom is 0.415 e. The Morgan fingerprint density at radius 2 is 2.04 bits per heavy atom. The van der Waals surface area contributed by atoms with E-state index in [2.05, 4.69) is 18.8 Å². The summed E-state index contributed by atoms with van der Waals surface area (Å²) in [4.78, 5) is 25.2. The first-order valence-electron chi connectivity index (χ1n) is 8.11. The number of benzene rings is 1. The molecule has 1 aromatic carbocycles. The number of carbonyl (C=O) groups is 2. The Bertz CT molecular complexity index is 529. The summed E-state index contributed by atoms with van der Waals surface area (Å²) >= 11 is 0. The number of ether oxygens (including phenoxy) is 1. The third-order valence-corrected chi connectivity index (χ3v) is 3.41. The molecule has 1 aromatic rings. The van der Waals surface area contributed by atoms with Gasteiger partial charge in [0.25, 0.3) is 0 Å². The van der Waals surface area contributed by atoms with Crippen molar-refractivity contribution in [3.8, 4) is 5.75 Å². The number of hydrogen-bond acceptors (Lipinski definition) is 3. The van der Waals surface area contributed by atoms with Crippen LogP contribution in [0.25, 0.3) is 0 Å². The standard InChI is InChI=1S/C18H26N2O3/c1-4-7-8-9-13-20(6-3)18(22)23-16-12-10-11-15(14-16)19-17(21)5-2/h5,10-12,14H,2,4,6-9,13H2,1,3H3,(H,19,21). The molecule has 0 radical (unpaired) electrons. The van der Waals surface area contributed by atoms with E-state index in [9.17, 15) is 9.59 Å². The van der Waals surface area contributed by atoms with Crippen molar-refractivity contribution in [1.29, 1.82) is 0 Å². The van der Waals surface area contributed by atoms with Crippen molar-refractivity contribution in [2.75, 3.05) is 18.4 Å². The summed E-state index contributed by atoms with van der Waals surface area (Å²) in [7, 11) is 0. The Balaban J connectivity index is 2.58. The van der Waals surface area contributed by atoms with Crippen molar-refractivity contribution < 1.29 is 14.3 Å². The van der Waals surface area contributed by atoms with E-state index in [0.29, 0.717) is 24.5 Å². The van der Waals surface area contributed by atoms with Crippen molar-refractivity contribution >= 4 is 17.7 Å². The van der Waals surface area contributed by atoms with E-state index in [-0.39, 0.29) is 12.0 Å². The summed E-state index contributed by atoms with van der Waals surface area (Å²) in [6.45, 7) is 8.79. The first-order valence-corrected chi connectivity index (χ1v) is 8.11. The zero-order valence-corrected chi connectivity index (χ0v) is 14.0. The van der Waals surface area contributed by atoms with Crippen LogP contribution >= 0.6 is 0 Å². The molecule has 0 bridgehead atoms. The van der Waals surface area contributed by atoms with E-state index >= 15 is 0 Å². The lowest BCUT2D eigenvalue weighted by Gasteiger charge is -2.20. The van der Waals surface area contributed by atoms with E-state index in [0.717, 1.165) is 12.8 Å². The van der Waals surface area contributed by atoms with Gasteiger partial charge in [0.1, 0.15) is 5.75 Å². The molecular weight excluding hydrogens is 292 g/mol. The smallest absolute Gasteiger partial charge is 0.410 e. The highest BCUT2D eigenvalue weighted by atomic mass is 16.6. The van der Waals surface area contributed by atoms with E-state index in [1.165, 1.54) is 18.9 Å². The van der Waals surface area contributed by atoms with Crippen LogP contribution < -0.4 is 10.1 Å². The van der Waals surface area contributed by atoms with Gasteiger partial charge in [-0.2, -0.15) is 0 Å². The summed E-state index contributed by atoms with van der Waals surface area (Å²) in [5, 5.41) is 2.63. The molecule has 0 spiro atoms. The zero-order valence-electron chi connectivity index (χ0n) is 14.0. The molecule has 0 aliphatic heterocycles. The number of carbonyl (C=O) groups excluding carboxylic acids is 2. The van der Waals surface area contributed by atoms with Crippen molar-refractivity contribution in [3.63, 3.8) is 0 Å². The van der Waals surface area contributed by atoms with Gasteiger partial charge in [0, 0.05) is 24.8 Å². The monoisotopic (exact) mass is 318 g/mol. The molecule has 2 amide bonds. The first-order chi connectivity index (χ1) is 11.1. The lowest BCUT2D eigenvalue weighted by molar-refractivity contribution is -0.111. The molecule has 5 nitrogen and oxygen atoms in total. The Kier molecular flexibility index (Phi) is 8.50. The molecule has 0 aliphatic rings. The summed E-state index contributed by atoms with van der Waals surface area (Å²) in [6.07, 6.45) is 5.26. The fourth-order valence-electron chi connectivity index (χ4n) is 2.10. The number of hydrogen-bond donors (Lipinski definition) is 1. The molecule has 5 heteroatoms. The van der Waals surface area contributed by atoms with Crippen LogP contribution in [0.2, 0.25) is 0 Å². The molecular formula is C18H26N2O3. The third-order valence-electron chi connectivity index (χ3n) is 3.41. The van der Waals surface area contributed by atoms with Crippen LogP contribution in [0, 0.1) is 0 Å². The number of rotatable bonds is 9. The highest BCUT2D eigenvalue weighted by Crippen LogP contribution is 2.18. The number of nitrogens with one attached hydrogen (secondary N) is 1. The summed E-state index contributed by atoms with van der Waals surface area (Å²) < 4.78 is 5.39. The largest absolute Gasteiger partial charge is 0.415 e. The van der Waals surface area contributed by atoms with Gasteiger partial charge < -0.3 is 15.0 Å². The van der Waals surface area contributed by atoms with Gasteiger partial charge in [0.15, 0.2) is 0 Å². The molecule has 0 unspecified atom stereocenters. The van der Waals surface area contributed by atoms with Crippen molar-refractivity contribution in [1.82, 2.24) is 4.90 Å². The summed E-state index contributed by atoms with van der Waals surface area (Å²) in [5.74, 6) is 0.100. The third kappa shape index (κ3) is 7.00. The van der Waals surface area contributed by atoms with Gasteiger partial charge in [-0.1, -0.05) is 38.8 Å². The highest BCUT2D eigenvalue weighted by Gasteiger charge is 2.14. The lowest BCUT2D eigenvalue weighted by atomic mass is 10.2. The molecule has 23 heavy (non-hydrogen) atoms. The predicted molar refractivity (Wildman–Crippen MR) is 92.7 cm³/mol. The SMILES string of the molecule is C=CC(=O)Nc1cccc(OC(=O)N(CC)CCCCCC)c1. The second-order valence-electron chi connectivity index (χ2n) is 5.23. The van der Waals surface area contributed by atoms with Crippen molar-refractivity contribution in [3.05, 3.63) is 36.9 Å². The maximum atomic E-state index is 12.2. The predicted octanol–water partition coefficient (Wildman–Crippen LogP) is 4.21. The molecule has 0 saturated carbocycles. The van der Waals surface area contributed by atoms with Crippen LogP contribution in [0.1, 0.15) is 39.5 Å². The Hall–Kier alpha value is -2.30. The van der Waals surface area contributed by atoms with Crippen LogP contribution in [0.15, 0.2) is 36.9 Å². The fraction of sp³-hybridized carbons (Fsp3) is 0.444. The van der Waals surface area contributed by atoms with Crippen LogP contribution in [0.5, 0.6) is 5.75 Å². The second kappa shape index (κ2) is 10.4. The normalized spacial score (nSPS) is 10.0. The number of anilines is 1. The van der Waals surface area contributed by atoms with Gasteiger partial charge in [-0.05, 0) is 31.6 Å². The fourth-order valence-corrected chi connectivity index (χ4v) is 2.10. The average molecular weight is 318 g/mol. The summed E-state index contributed by atoms with van der Waals surface area (Å²) in [6, 6.07) is 6.75. The first kappa shape index (κ1) is 18.7. The van der Waals surface area contributed by atoms with E-state index in [1.54, 1.807) is 29.2 Å². The van der Waals surface area contributed by atoms with Gasteiger partial charge in [-0.15, -0.1) is 0 Å². The Labute approximate surface area is 138 Å². The molecule has 1 N–H and O–H groups in total. The van der Waals surface area contributed by atoms with Gasteiger partial charge >= 0.3 is 6.09 Å². The number of amides is 2. The van der Waals surface area contributed by atoms with E-state index in [1.807, 2.05) is 6.92 Å².